The predicted octanol–water partition coefficient (Wildman–Crippen LogP) is 3.22. The number of aromatic nitrogens is 1. The summed E-state index contributed by atoms with van der Waals surface area (Å²) in [7, 11) is 0. The fourth-order valence-corrected chi connectivity index (χ4v) is 1.29. The molecule has 0 aliphatic rings. The minimum absolute atomic E-state index is 0.0988. The van der Waals surface area contributed by atoms with Crippen molar-refractivity contribution in [1.82, 2.24) is 4.98 Å². The van der Waals surface area contributed by atoms with Crippen LogP contribution in [0.25, 0.3) is 0 Å². The Labute approximate surface area is 97.9 Å². The summed E-state index contributed by atoms with van der Waals surface area (Å²) in [5.41, 5.74) is 0.386. The molecule has 0 saturated heterocycles. The van der Waals surface area contributed by atoms with Crippen molar-refractivity contribution >= 4 is 5.78 Å². The minimum atomic E-state index is -0.317. The number of ether oxygens (including phenoxy) is 1. The summed E-state index contributed by atoms with van der Waals surface area (Å²) in [5, 5.41) is 0. The van der Waals surface area contributed by atoms with Crippen LogP contribution in [0.1, 0.15) is 17.4 Å². The molecule has 1 heterocycles. The molecule has 1 aromatic heterocycles. The topological polar surface area (TPSA) is 39.2 Å². The molecule has 3 nitrogen and oxygen atoms in total. The Bertz CT molecular complexity index is 520. The number of hydrogen-bond donors (Lipinski definition) is 0. The summed E-state index contributed by atoms with van der Waals surface area (Å²) in [6, 6.07) is 8.90. The van der Waals surface area contributed by atoms with E-state index in [-0.39, 0.29) is 11.6 Å². The lowest BCUT2D eigenvalue weighted by molar-refractivity contribution is 0.101. The normalized spacial score (nSPS) is 10.0. The number of carbonyl (C=O) groups excluding carboxylic acids is 1. The largest absolute Gasteiger partial charge is 0.456 e. The molecule has 0 spiro atoms. The monoisotopic (exact) mass is 231 g/mol. The zero-order valence-electron chi connectivity index (χ0n) is 9.18. The number of halogens is 1. The number of hydrogen-bond acceptors (Lipinski definition) is 3. The second-order valence-corrected chi connectivity index (χ2v) is 3.49. The van der Waals surface area contributed by atoms with Crippen LogP contribution in [0.3, 0.4) is 0 Å². The molecular formula is C13H10FNO2. The number of nitrogens with zero attached hydrogens (tertiary/aromatic N) is 1. The van der Waals surface area contributed by atoms with E-state index in [2.05, 4.69) is 4.98 Å². The molecular weight excluding hydrogens is 221 g/mol. The maximum atomic E-state index is 12.7. The number of ketones is 1. The van der Waals surface area contributed by atoms with Gasteiger partial charge in [0.15, 0.2) is 5.78 Å². The predicted molar refractivity (Wildman–Crippen MR) is 60.7 cm³/mol. The third-order valence-electron chi connectivity index (χ3n) is 2.15. The van der Waals surface area contributed by atoms with Crippen LogP contribution >= 0.6 is 0 Å². The number of carbonyl (C=O) groups is 1. The van der Waals surface area contributed by atoms with Crippen LogP contribution in [-0.4, -0.2) is 10.8 Å². The van der Waals surface area contributed by atoms with Crippen molar-refractivity contribution in [3.63, 3.8) is 0 Å². The van der Waals surface area contributed by atoms with E-state index in [1.807, 2.05) is 0 Å². The first-order valence-electron chi connectivity index (χ1n) is 5.05. The van der Waals surface area contributed by atoms with E-state index in [0.29, 0.717) is 17.2 Å². The summed E-state index contributed by atoms with van der Waals surface area (Å²) in [6.07, 6.45) is 1.46. The van der Waals surface area contributed by atoms with Crippen molar-refractivity contribution in [2.45, 2.75) is 6.92 Å². The number of benzene rings is 1. The third-order valence-corrected chi connectivity index (χ3v) is 2.15. The van der Waals surface area contributed by atoms with E-state index >= 15 is 0 Å². The molecule has 0 atom stereocenters. The first kappa shape index (κ1) is 11.3. The van der Waals surface area contributed by atoms with E-state index in [0.717, 1.165) is 0 Å². The fourth-order valence-electron chi connectivity index (χ4n) is 1.29. The van der Waals surface area contributed by atoms with Gasteiger partial charge in [0, 0.05) is 6.92 Å². The molecule has 4 heteroatoms. The molecule has 17 heavy (non-hydrogen) atoms. The van der Waals surface area contributed by atoms with E-state index in [4.69, 9.17) is 4.74 Å². The number of Topliss-reactive ketones (excluding diaryl/α,β-unsaturated/α-hetero) is 1. The van der Waals surface area contributed by atoms with Gasteiger partial charge in [-0.1, -0.05) is 0 Å². The van der Waals surface area contributed by atoms with E-state index < -0.39 is 0 Å². The minimum Gasteiger partial charge on any atom is -0.456 e. The Morgan fingerprint density at radius 2 is 1.76 bits per heavy atom. The van der Waals surface area contributed by atoms with Gasteiger partial charge in [-0.25, -0.2) is 9.37 Å². The molecule has 0 aliphatic heterocycles. The Kier molecular flexibility index (Phi) is 3.14. The Morgan fingerprint density at radius 3 is 2.29 bits per heavy atom. The highest BCUT2D eigenvalue weighted by molar-refractivity contribution is 5.92. The second-order valence-electron chi connectivity index (χ2n) is 3.49. The van der Waals surface area contributed by atoms with Gasteiger partial charge in [0.2, 0.25) is 0 Å². The molecule has 0 bridgehead atoms. The standard InChI is InChI=1S/C13H10FNO2/c1-9(16)13-7-6-12(8-15-13)17-11-4-2-10(14)3-5-11/h2-8H,1H3. The lowest BCUT2D eigenvalue weighted by atomic mass is 10.3. The molecule has 2 aromatic rings. The van der Waals surface area contributed by atoms with Gasteiger partial charge in [-0.3, -0.25) is 4.79 Å². The summed E-state index contributed by atoms with van der Waals surface area (Å²) in [5.74, 6) is 0.603. The second kappa shape index (κ2) is 4.74. The SMILES string of the molecule is CC(=O)c1ccc(Oc2ccc(F)cc2)cn1. The maximum Gasteiger partial charge on any atom is 0.178 e. The van der Waals surface area contributed by atoms with Crippen LogP contribution in [0.5, 0.6) is 11.5 Å². The molecule has 0 saturated carbocycles. The van der Waals surface area contributed by atoms with E-state index in [1.165, 1.54) is 37.4 Å². The number of pyridine rings is 1. The summed E-state index contributed by atoms with van der Waals surface area (Å²) < 4.78 is 18.1. The van der Waals surface area contributed by atoms with Crippen LogP contribution in [0, 0.1) is 5.82 Å². The molecule has 0 amide bonds. The van der Waals surface area contributed by atoms with Crippen molar-refractivity contribution in [2.24, 2.45) is 0 Å². The average molecular weight is 231 g/mol. The fraction of sp³-hybridized carbons (Fsp3) is 0.0769. The van der Waals surface area contributed by atoms with Gasteiger partial charge in [-0.2, -0.15) is 0 Å². The molecule has 0 fully saturated rings. The van der Waals surface area contributed by atoms with Crippen molar-refractivity contribution in [1.29, 1.82) is 0 Å². The molecule has 0 aliphatic carbocycles. The van der Waals surface area contributed by atoms with Crippen molar-refractivity contribution < 1.29 is 13.9 Å². The molecule has 0 N–H and O–H groups in total. The highest BCUT2D eigenvalue weighted by Gasteiger charge is 2.02. The van der Waals surface area contributed by atoms with Gasteiger partial charge in [0.05, 0.1) is 6.20 Å². The third kappa shape index (κ3) is 2.87. The zero-order chi connectivity index (χ0) is 12.3. The highest BCUT2D eigenvalue weighted by Crippen LogP contribution is 2.20. The maximum absolute atomic E-state index is 12.7. The van der Waals surface area contributed by atoms with Crippen LogP contribution in [-0.2, 0) is 0 Å². The van der Waals surface area contributed by atoms with Crippen LogP contribution in [0.15, 0.2) is 42.6 Å². The van der Waals surface area contributed by atoms with Gasteiger partial charge in [0.25, 0.3) is 0 Å². The van der Waals surface area contributed by atoms with Gasteiger partial charge >= 0.3 is 0 Å². The Morgan fingerprint density at radius 1 is 1.12 bits per heavy atom. The summed E-state index contributed by atoms with van der Waals surface area (Å²) in [4.78, 5) is 15.0. The number of rotatable bonds is 3. The quantitative estimate of drug-likeness (QED) is 0.761. The highest BCUT2D eigenvalue weighted by atomic mass is 19.1. The summed E-state index contributed by atoms with van der Waals surface area (Å²) in [6.45, 7) is 1.45. The van der Waals surface area contributed by atoms with Crippen molar-refractivity contribution in [2.75, 3.05) is 0 Å². The Hall–Kier alpha value is -2.23. The van der Waals surface area contributed by atoms with Crippen LogP contribution in [0.2, 0.25) is 0 Å². The van der Waals surface area contributed by atoms with Crippen LogP contribution < -0.4 is 4.74 Å². The molecule has 0 unspecified atom stereocenters. The molecule has 0 radical (unpaired) electrons. The smallest absolute Gasteiger partial charge is 0.178 e. The summed E-state index contributed by atoms with van der Waals surface area (Å²) >= 11 is 0. The molecule has 2 rings (SSSR count). The zero-order valence-corrected chi connectivity index (χ0v) is 9.18. The van der Waals surface area contributed by atoms with Gasteiger partial charge < -0.3 is 4.74 Å². The van der Waals surface area contributed by atoms with Gasteiger partial charge in [-0.15, -0.1) is 0 Å². The van der Waals surface area contributed by atoms with Crippen molar-refractivity contribution in [3.05, 3.63) is 54.1 Å². The molecule has 86 valence electrons. The first-order chi connectivity index (χ1) is 8.15. The van der Waals surface area contributed by atoms with E-state index in [9.17, 15) is 9.18 Å². The van der Waals surface area contributed by atoms with Gasteiger partial charge in [-0.05, 0) is 36.4 Å². The van der Waals surface area contributed by atoms with Crippen LogP contribution in [0.4, 0.5) is 4.39 Å². The lowest BCUT2D eigenvalue weighted by Gasteiger charge is -2.05. The average Bonchev–Trinajstić information content (AvgIpc) is 2.33. The first-order valence-corrected chi connectivity index (χ1v) is 5.05. The van der Waals surface area contributed by atoms with E-state index in [1.54, 1.807) is 12.1 Å². The Balaban J connectivity index is 2.13. The van der Waals surface area contributed by atoms with Crippen molar-refractivity contribution in [3.8, 4) is 11.5 Å². The lowest BCUT2D eigenvalue weighted by Crippen LogP contribution is -1.95. The van der Waals surface area contributed by atoms with Gasteiger partial charge in [0.1, 0.15) is 23.0 Å². The molecule has 1 aromatic carbocycles.